The number of carbonyl (C=O) groups is 1. The molecule has 0 atom stereocenters. The summed E-state index contributed by atoms with van der Waals surface area (Å²) in [7, 11) is 1.72. The second-order valence-corrected chi connectivity index (χ2v) is 2.46. The predicted octanol–water partition coefficient (Wildman–Crippen LogP) is 0.531. The van der Waals surface area contributed by atoms with Gasteiger partial charge in [0, 0.05) is 12.7 Å². The van der Waals surface area contributed by atoms with E-state index in [1.807, 2.05) is 13.0 Å². The average molecular weight is 165 g/mol. The van der Waals surface area contributed by atoms with Crippen molar-refractivity contribution in [3.63, 3.8) is 0 Å². The molecule has 0 unspecified atom stereocenters. The quantitative estimate of drug-likeness (QED) is 0.671. The summed E-state index contributed by atoms with van der Waals surface area (Å²) in [5.74, 6) is -0.511. The second kappa shape index (κ2) is 3.21. The van der Waals surface area contributed by atoms with Crippen LogP contribution in [0.15, 0.2) is 12.1 Å². The van der Waals surface area contributed by atoms with Gasteiger partial charge in [0.05, 0.1) is 5.69 Å². The fourth-order valence-corrected chi connectivity index (χ4v) is 0.946. The molecule has 0 spiro atoms. The Morgan fingerprint density at radius 2 is 2.25 bits per heavy atom. The first kappa shape index (κ1) is 8.52. The van der Waals surface area contributed by atoms with Crippen molar-refractivity contribution >= 4 is 11.6 Å². The fourth-order valence-electron chi connectivity index (χ4n) is 0.946. The maximum absolute atomic E-state index is 10.9. The smallest absolute Gasteiger partial charge is 0.269 e. The molecule has 0 fully saturated rings. The number of nitrogens with one attached hydrogen (secondary N) is 1. The number of rotatable bonds is 2. The highest BCUT2D eigenvalue weighted by atomic mass is 16.1. The van der Waals surface area contributed by atoms with Gasteiger partial charge in [0.1, 0.15) is 0 Å². The van der Waals surface area contributed by atoms with Crippen LogP contribution >= 0.6 is 0 Å². The molecule has 64 valence electrons. The van der Waals surface area contributed by atoms with E-state index in [-0.39, 0.29) is 5.69 Å². The van der Waals surface area contributed by atoms with Crippen LogP contribution in [0.3, 0.4) is 0 Å². The van der Waals surface area contributed by atoms with E-state index in [9.17, 15) is 4.79 Å². The summed E-state index contributed by atoms with van der Waals surface area (Å²) in [4.78, 5) is 14.9. The lowest BCUT2D eigenvalue weighted by molar-refractivity contribution is 0.0996. The molecule has 4 nitrogen and oxygen atoms in total. The Kier molecular flexibility index (Phi) is 2.28. The van der Waals surface area contributed by atoms with E-state index >= 15 is 0 Å². The Balaban J connectivity index is 3.21. The average Bonchev–Trinajstić information content (AvgIpc) is 2.04. The SMILES string of the molecule is CNc1ccc(C)nc1C(N)=O. The zero-order valence-corrected chi connectivity index (χ0v) is 7.09. The standard InChI is InChI=1S/C8H11N3O/c1-5-3-4-6(10-2)7(11-5)8(9)12/h3-4,10H,1-2H3,(H2,9,12). The number of hydrogen-bond donors (Lipinski definition) is 2. The number of primary amides is 1. The van der Waals surface area contributed by atoms with Crippen LogP contribution in [0.5, 0.6) is 0 Å². The van der Waals surface area contributed by atoms with Gasteiger partial charge in [0.2, 0.25) is 0 Å². The third-order valence-electron chi connectivity index (χ3n) is 1.54. The van der Waals surface area contributed by atoms with Gasteiger partial charge in [-0.3, -0.25) is 4.79 Å². The molecule has 0 aliphatic rings. The number of hydrogen-bond acceptors (Lipinski definition) is 3. The molecule has 3 N–H and O–H groups in total. The highest BCUT2D eigenvalue weighted by Gasteiger charge is 2.07. The Morgan fingerprint density at radius 3 is 2.75 bits per heavy atom. The third-order valence-corrected chi connectivity index (χ3v) is 1.54. The Hall–Kier alpha value is -1.58. The van der Waals surface area contributed by atoms with E-state index in [1.165, 1.54) is 0 Å². The Morgan fingerprint density at radius 1 is 1.58 bits per heavy atom. The molecule has 0 aromatic carbocycles. The van der Waals surface area contributed by atoms with Crippen LogP contribution in [0.4, 0.5) is 5.69 Å². The van der Waals surface area contributed by atoms with Crippen LogP contribution in [0.2, 0.25) is 0 Å². The molecule has 1 amide bonds. The van der Waals surface area contributed by atoms with E-state index in [0.29, 0.717) is 5.69 Å². The monoisotopic (exact) mass is 165 g/mol. The molecule has 1 aromatic heterocycles. The summed E-state index contributed by atoms with van der Waals surface area (Å²) in [5.41, 5.74) is 6.85. The highest BCUT2D eigenvalue weighted by Crippen LogP contribution is 2.11. The lowest BCUT2D eigenvalue weighted by Gasteiger charge is -2.04. The van der Waals surface area contributed by atoms with Crippen molar-refractivity contribution in [3.8, 4) is 0 Å². The van der Waals surface area contributed by atoms with Crippen LogP contribution in [0.25, 0.3) is 0 Å². The van der Waals surface area contributed by atoms with E-state index in [1.54, 1.807) is 13.1 Å². The molecule has 1 rings (SSSR count). The normalized spacial score (nSPS) is 9.50. The van der Waals surface area contributed by atoms with Crippen molar-refractivity contribution in [3.05, 3.63) is 23.5 Å². The molecule has 0 saturated heterocycles. The van der Waals surface area contributed by atoms with E-state index < -0.39 is 5.91 Å². The molecule has 0 bridgehead atoms. The van der Waals surface area contributed by atoms with Crippen molar-refractivity contribution in [2.75, 3.05) is 12.4 Å². The summed E-state index contributed by atoms with van der Waals surface area (Å²) >= 11 is 0. The summed E-state index contributed by atoms with van der Waals surface area (Å²) < 4.78 is 0. The lowest BCUT2D eigenvalue weighted by atomic mass is 10.2. The number of nitrogens with two attached hydrogens (primary N) is 1. The van der Waals surface area contributed by atoms with Crippen LogP contribution in [0, 0.1) is 6.92 Å². The van der Waals surface area contributed by atoms with Crippen molar-refractivity contribution in [2.24, 2.45) is 5.73 Å². The zero-order valence-electron chi connectivity index (χ0n) is 7.09. The van der Waals surface area contributed by atoms with E-state index in [4.69, 9.17) is 5.73 Å². The first-order valence-corrected chi connectivity index (χ1v) is 3.60. The van der Waals surface area contributed by atoms with Gasteiger partial charge in [0.25, 0.3) is 5.91 Å². The molecular formula is C8H11N3O. The maximum Gasteiger partial charge on any atom is 0.269 e. The number of pyridine rings is 1. The van der Waals surface area contributed by atoms with Gasteiger partial charge in [-0.2, -0.15) is 0 Å². The molecule has 4 heteroatoms. The van der Waals surface area contributed by atoms with Crippen molar-refractivity contribution in [1.29, 1.82) is 0 Å². The maximum atomic E-state index is 10.9. The van der Waals surface area contributed by atoms with Crippen LogP contribution in [0.1, 0.15) is 16.2 Å². The largest absolute Gasteiger partial charge is 0.386 e. The molecule has 1 aromatic rings. The minimum atomic E-state index is -0.511. The van der Waals surface area contributed by atoms with E-state index in [0.717, 1.165) is 5.69 Å². The minimum Gasteiger partial charge on any atom is -0.386 e. The molecule has 0 aliphatic carbocycles. The topological polar surface area (TPSA) is 68.0 Å². The van der Waals surface area contributed by atoms with Gasteiger partial charge in [0.15, 0.2) is 5.69 Å². The number of anilines is 1. The number of amides is 1. The summed E-state index contributed by atoms with van der Waals surface area (Å²) in [6.07, 6.45) is 0. The molecule has 0 radical (unpaired) electrons. The second-order valence-electron chi connectivity index (χ2n) is 2.46. The van der Waals surface area contributed by atoms with Crippen molar-refractivity contribution in [2.45, 2.75) is 6.92 Å². The number of carbonyl (C=O) groups excluding carboxylic acids is 1. The van der Waals surface area contributed by atoms with Crippen molar-refractivity contribution in [1.82, 2.24) is 4.98 Å². The van der Waals surface area contributed by atoms with Gasteiger partial charge in [-0.05, 0) is 19.1 Å². The zero-order chi connectivity index (χ0) is 9.14. The first-order valence-electron chi connectivity index (χ1n) is 3.60. The fraction of sp³-hybridized carbons (Fsp3) is 0.250. The van der Waals surface area contributed by atoms with Crippen LogP contribution in [-0.2, 0) is 0 Å². The Labute approximate surface area is 70.8 Å². The summed E-state index contributed by atoms with van der Waals surface area (Å²) in [6, 6.07) is 3.60. The number of nitrogens with zero attached hydrogens (tertiary/aromatic N) is 1. The molecule has 12 heavy (non-hydrogen) atoms. The summed E-state index contributed by atoms with van der Waals surface area (Å²) in [5, 5.41) is 2.84. The number of aromatic nitrogens is 1. The van der Waals surface area contributed by atoms with Gasteiger partial charge < -0.3 is 11.1 Å². The summed E-state index contributed by atoms with van der Waals surface area (Å²) in [6.45, 7) is 1.81. The predicted molar refractivity (Wildman–Crippen MR) is 47.0 cm³/mol. The van der Waals surface area contributed by atoms with Gasteiger partial charge in [-0.1, -0.05) is 0 Å². The third kappa shape index (κ3) is 1.53. The van der Waals surface area contributed by atoms with Crippen LogP contribution < -0.4 is 11.1 Å². The first-order chi connectivity index (χ1) is 5.65. The molecule has 0 saturated carbocycles. The van der Waals surface area contributed by atoms with Gasteiger partial charge >= 0.3 is 0 Å². The molecular weight excluding hydrogens is 154 g/mol. The highest BCUT2D eigenvalue weighted by molar-refractivity contribution is 5.96. The number of aryl methyl sites for hydroxylation is 1. The lowest BCUT2D eigenvalue weighted by Crippen LogP contribution is -2.15. The van der Waals surface area contributed by atoms with Crippen molar-refractivity contribution < 1.29 is 4.79 Å². The molecule has 0 aliphatic heterocycles. The Bertz CT molecular complexity index is 309. The van der Waals surface area contributed by atoms with Crippen LogP contribution in [-0.4, -0.2) is 17.9 Å². The van der Waals surface area contributed by atoms with Gasteiger partial charge in [-0.25, -0.2) is 4.98 Å². The van der Waals surface area contributed by atoms with E-state index in [2.05, 4.69) is 10.3 Å². The van der Waals surface area contributed by atoms with Gasteiger partial charge in [-0.15, -0.1) is 0 Å². The molecule has 1 heterocycles. The minimum absolute atomic E-state index is 0.289.